The van der Waals surface area contributed by atoms with Gasteiger partial charge in [-0.1, -0.05) is 12.2 Å². The van der Waals surface area contributed by atoms with Crippen molar-refractivity contribution in [2.45, 2.75) is 44.3 Å². The van der Waals surface area contributed by atoms with E-state index in [4.69, 9.17) is 4.74 Å². The fourth-order valence-electron chi connectivity index (χ4n) is 1.70. The summed E-state index contributed by atoms with van der Waals surface area (Å²) in [6.45, 7) is 7.45. The Morgan fingerprint density at radius 3 is 2.00 bits per heavy atom. The summed E-state index contributed by atoms with van der Waals surface area (Å²) in [7, 11) is 0. The van der Waals surface area contributed by atoms with Gasteiger partial charge in [-0.05, 0) is 32.1 Å². The van der Waals surface area contributed by atoms with Crippen LogP contribution in [0, 0.1) is 0 Å². The number of hydrogen-bond donors (Lipinski definition) is 0. The van der Waals surface area contributed by atoms with Crippen molar-refractivity contribution < 1.29 is 4.74 Å². The van der Waals surface area contributed by atoms with E-state index in [-0.39, 0.29) is 0 Å². The van der Waals surface area contributed by atoms with Crippen LogP contribution in [0.4, 0.5) is 0 Å². The topological polar surface area (TPSA) is 9.23 Å². The second-order valence-electron chi connectivity index (χ2n) is 3.36. The van der Waals surface area contributed by atoms with E-state index < -0.39 is 0 Å². The summed E-state index contributed by atoms with van der Waals surface area (Å²) in [5, 5.41) is 0. The van der Waals surface area contributed by atoms with Crippen LogP contribution >= 0.6 is 0 Å². The van der Waals surface area contributed by atoms with Crippen molar-refractivity contribution in [3.63, 3.8) is 0 Å². The van der Waals surface area contributed by atoms with Gasteiger partial charge in [-0.15, -0.1) is 13.2 Å². The Morgan fingerprint density at radius 1 is 1.08 bits per heavy atom. The van der Waals surface area contributed by atoms with Gasteiger partial charge in [-0.3, -0.25) is 0 Å². The monoisotopic (exact) mass is 166 g/mol. The van der Waals surface area contributed by atoms with Crippen molar-refractivity contribution in [1.82, 2.24) is 0 Å². The Morgan fingerprint density at radius 2 is 1.58 bits per heavy atom. The van der Waals surface area contributed by atoms with Gasteiger partial charge in [0.1, 0.15) is 0 Å². The molecular weight excluding hydrogens is 148 g/mol. The Balaban J connectivity index is 2.29. The highest BCUT2D eigenvalue weighted by Gasteiger charge is 2.19. The molecular formula is C11H18O. The van der Waals surface area contributed by atoms with Crippen molar-refractivity contribution >= 4 is 0 Å². The smallest absolute Gasteiger partial charge is 0.0613 e. The molecule has 1 aliphatic rings. The fraction of sp³-hybridized carbons (Fsp3) is 0.636. The lowest BCUT2D eigenvalue weighted by Crippen LogP contribution is -2.26. The molecule has 2 atom stereocenters. The van der Waals surface area contributed by atoms with Gasteiger partial charge in [-0.2, -0.15) is 0 Å². The molecule has 0 spiro atoms. The molecule has 1 saturated heterocycles. The summed E-state index contributed by atoms with van der Waals surface area (Å²) in [4.78, 5) is 0. The SMILES string of the molecule is C=CCC1CCCC(CC=C)O1. The Labute approximate surface area is 75.1 Å². The van der Waals surface area contributed by atoms with Crippen LogP contribution in [0.1, 0.15) is 32.1 Å². The van der Waals surface area contributed by atoms with E-state index in [1.165, 1.54) is 19.3 Å². The molecule has 0 aromatic rings. The molecule has 12 heavy (non-hydrogen) atoms. The highest BCUT2D eigenvalue weighted by molar-refractivity contribution is 4.81. The van der Waals surface area contributed by atoms with Crippen molar-refractivity contribution in [1.29, 1.82) is 0 Å². The van der Waals surface area contributed by atoms with Gasteiger partial charge in [0.2, 0.25) is 0 Å². The first-order chi connectivity index (χ1) is 5.86. The molecule has 1 fully saturated rings. The van der Waals surface area contributed by atoms with E-state index in [2.05, 4.69) is 13.2 Å². The van der Waals surface area contributed by atoms with Crippen LogP contribution < -0.4 is 0 Å². The van der Waals surface area contributed by atoms with E-state index in [0.717, 1.165) is 12.8 Å². The summed E-state index contributed by atoms with van der Waals surface area (Å²) in [6.07, 6.45) is 10.4. The minimum absolute atomic E-state index is 0.418. The maximum absolute atomic E-state index is 5.82. The third kappa shape index (κ3) is 2.82. The van der Waals surface area contributed by atoms with Crippen LogP contribution in [0.5, 0.6) is 0 Å². The Hall–Kier alpha value is -0.560. The lowest BCUT2D eigenvalue weighted by Gasteiger charge is -2.28. The minimum atomic E-state index is 0.418. The van der Waals surface area contributed by atoms with Gasteiger partial charge < -0.3 is 4.74 Å². The van der Waals surface area contributed by atoms with Crippen LogP contribution in [0.15, 0.2) is 25.3 Å². The lowest BCUT2D eigenvalue weighted by atomic mass is 10.0. The van der Waals surface area contributed by atoms with E-state index in [1.54, 1.807) is 0 Å². The maximum Gasteiger partial charge on any atom is 0.0613 e. The summed E-state index contributed by atoms with van der Waals surface area (Å²) >= 11 is 0. The molecule has 0 radical (unpaired) electrons. The van der Waals surface area contributed by atoms with Crippen molar-refractivity contribution in [3.8, 4) is 0 Å². The van der Waals surface area contributed by atoms with Crippen LogP contribution in [0.25, 0.3) is 0 Å². The highest BCUT2D eigenvalue weighted by atomic mass is 16.5. The van der Waals surface area contributed by atoms with Gasteiger partial charge in [-0.25, -0.2) is 0 Å². The number of rotatable bonds is 4. The van der Waals surface area contributed by atoms with Crippen molar-refractivity contribution in [2.24, 2.45) is 0 Å². The third-order valence-corrected chi connectivity index (χ3v) is 2.30. The van der Waals surface area contributed by atoms with E-state index in [0.29, 0.717) is 12.2 Å². The first-order valence-corrected chi connectivity index (χ1v) is 4.74. The number of hydrogen-bond acceptors (Lipinski definition) is 1. The van der Waals surface area contributed by atoms with Crippen LogP contribution in [0.3, 0.4) is 0 Å². The normalized spacial score (nSPS) is 29.7. The Kier molecular flexibility index (Phi) is 4.09. The molecule has 1 heteroatoms. The van der Waals surface area contributed by atoms with Crippen molar-refractivity contribution in [3.05, 3.63) is 25.3 Å². The number of ether oxygens (including phenoxy) is 1. The molecule has 0 N–H and O–H groups in total. The molecule has 68 valence electrons. The van der Waals surface area contributed by atoms with Crippen LogP contribution in [0.2, 0.25) is 0 Å². The molecule has 1 rings (SSSR count). The molecule has 0 aromatic carbocycles. The molecule has 0 saturated carbocycles. The second-order valence-corrected chi connectivity index (χ2v) is 3.36. The van der Waals surface area contributed by atoms with Crippen LogP contribution in [-0.2, 0) is 4.74 Å². The molecule has 1 aliphatic heterocycles. The van der Waals surface area contributed by atoms with Crippen LogP contribution in [-0.4, -0.2) is 12.2 Å². The largest absolute Gasteiger partial charge is 0.374 e. The minimum Gasteiger partial charge on any atom is -0.374 e. The molecule has 0 aliphatic carbocycles. The Bertz CT molecular complexity index is 135. The van der Waals surface area contributed by atoms with E-state index in [9.17, 15) is 0 Å². The zero-order valence-corrected chi connectivity index (χ0v) is 7.67. The summed E-state index contributed by atoms with van der Waals surface area (Å²) in [5.74, 6) is 0. The fourth-order valence-corrected chi connectivity index (χ4v) is 1.70. The second kappa shape index (κ2) is 5.15. The first-order valence-electron chi connectivity index (χ1n) is 4.74. The predicted molar refractivity (Wildman–Crippen MR) is 52.1 cm³/mol. The zero-order valence-electron chi connectivity index (χ0n) is 7.67. The lowest BCUT2D eigenvalue weighted by molar-refractivity contribution is -0.0453. The maximum atomic E-state index is 5.82. The average molecular weight is 166 g/mol. The molecule has 1 heterocycles. The van der Waals surface area contributed by atoms with Gasteiger partial charge >= 0.3 is 0 Å². The molecule has 0 amide bonds. The van der Waals surface area contributed by atoms with E-state index >= 15 is 0 Å². The van der Waals surface area contributed by atoms with Gasteiger partial charge in [0.15, 0.2) is 0 Å². The standard InChI is InChI=1S/C11H18O/c1-3-6-10-8-5-9-11(12-10)7-4-2/h3-4,10-11H,1-2,5-9H2. The molecule has 0 bridgehead atoms. The van der Waals surface area contributed by atoms with E-state index in [1.807, 2.05) is 12.2 Å². The summed E-state index contributed by atoms with van der Waals surface area (Å²) in [5.41, 5.74) is 0. The molecule has 0 aromatic heterocycles. The van der Waals surface area contributed by atoms with Gasteiger partial charge in [0.05, 0.1) is 12.2 Å². The van der Waals surface area contributed by atoms with Gasteiger partial charge in [0.25, 0.3) is 0 Å². The highest BCUT2D eigenvalue weighted by Crippen LogP contribution is 2.23. The zero-order chi connectivity index (χ0) is 8.81. The predicted octanol–water partition coefficient (Wildman–Crippen LogP) is 3.08. The van der Waals surface area contributed by atoms with Gasteiger partial charge in [0, 0.05) is 0 Å². The first kappa shape index (κ1) is 9.53. The molecule has 1 nitrogen and oxygen atoms in total. The third-order valence-electron chi connectivity index (χ3n) is 2.30. The average Bonchev–Trinajstić information content (AvgIpc) is 2.06. The summed E-state index contributed by atoms with van der Waals surface area (Å²) < 4.78 is 5.82. The quantitative estimate of drug-likeness (QED) is 0.583. The molecule has 2 unspecified atom stereocenters. The summed E-state index contributed by atoms with van der Waals surface area (Å²) in [6, 6.07) is 0. The van der Waals surface area contributed by atoms with Crippen molar-refractivity contribution in [2.75, 3.05) is 0 Å².